The van der Waals surface area contributed by atoms with Gasteiger partial charge in [-0.1, -0.05) is 30.3 Å². The summed E-state index contributed by atoms with van der Waals surface area (Å²) in [5.74, 6) is -1.06. The van der Waals surface area contributed by atoms with Crippen LogP contribution in [0.25, 0.3) is 16.8 Å². The molecule has 0 saturated heterocycles. The van der Waals surface area contributed by atoms with Crippen molar-refractivity contribution in [3.8, 4) is 16.8 Å². The van der Waals surface area contributed by atoms with Crippen LogP contribution in [-0.4, -0.2) is 20.9 Å². The van der Waals surface area contributed by atoms with E-state index in [1.807, 2.05) is 30.3 Å². The van der Waals surface area contributed by atoms with Gasteiger partial charge in [0.25, 0.3) is 0 Å². The van der Waals surface area contributed by atoms with E-state index in [4.69, 9.17) is 5.73 Å². The minimum Gasteiger partial charge on any atom is -0.476 e. The van der Waals surface area contributed by atoms with Gasteiger partial charge in [-0.05, 0) is 29.8 Å². The van der Waals surface area contributed by atoms with Gasteiger partial charge in [0.15, 0.2) is 5.69 Å². The number of nitrogens with two attached hydrogens (primary N) is 1. The maximum atomic E-state index is 11.4. The Labute approximate surface area is 121 Å². The van der Waals surface area contributed by atoms with Crippen LogP contribution in [0.1, 0.15) is 10.5 Å². The normalized spacial score (nSPS) is 10.5. The number of hydrogen-bond acceptors (Lipinski definition) is 3. The zero-order valence-electron chi connectivity index (χ0n) is 11.1. The first kappa shape index (κ1) is 12.9. The SMILES string of the molecule is Nc1ccc(-c2cn(-c3ccccc3)nc2C(=O)O)cc1. The lowest BCUT2D eigenvalue weighted by molar-refractivity contribution is 0.0691. The summed E-state index contributed by atoms with van der Waals surface area (Å²) in [6, 6.07) is 16.4. The summed E-state index contributed by atoms with van der Waals surface area (Å²) in [5, 5.41) is 13.5. The van der Waals surface area contributed by atoms with Crippen molar-refractivity contribution in [1.29, 1.82) is 0 Å². The van der Waals surface area contributed by atoms with Gasteiger partial charge in [-0.25, -0.2) is 9.48 Å². The summed E-state index contributed by atoms with van der Waals surface area (Å²) in [6.45, 7) is 0. The highest BCUT2D eigenvalue weighted by atomic mass is 16.4. The van der Waals surface area contributed by atoms with Crippen LogP contribution < -0.4 is 5.73 Å². The van der Waals surface area contributed by atoms with E-state index in [-0.39, 0.29) is 5.69 Å². The predicted octanol–water partition coefficient (Wildman–Crippen LogP) is 2.82. The number of rotatable bonds is 3. The Bertz CT molecular complexity index is 777. The molecule has 2 aromatic carbocycles. The van der Waals surface area contributed by atoms with Gasteiger partial charge in [-0.15, -0.1) is 0 Å². The summed E-state index contributed by atoms with van der Waals surface area (Å²) in [7, 11) is 0. The third-order valence-electron chi connectivity index (χ3n) is 3.16. The zero-order chi connectivity index (χ0) is 14.8. The summed E-state index contributed by atoms with van der Waals surface area (Å²) in [5.41, 5.74) is 8.45. The minimum atomic E-state index is -1.06. The number of anilines is 1. The van der Waals surface area contributed by atoms with Crippen LogP contribution in [0.2, 0.25) is 0 Å². The maximum Gasteiger partial charge on any atom is 0.357 e. The Hall–Kier alpha value is -3.08. The Balaban J connectivity index is 2.14. The van der Waals surface area contributed by atoms with Crippen molar-refractivity contribution in [1.82, 2.24) is 9.78 Å². The van der Waals surface area contributed by atoms with Crippen molar-refractivity contribution in [3.63, 3.8) is 0 Å². The summed E-state index contributed by atoms with van der Waals surface area (Å²) >= 11 is 0. The van der Waals surface area contributed by atoms with Crippen molar-refractivity contribution < 1.29 is 9.90 Å². The van der Waals surface area contributed by atoms with Gasteiger partial charge in [-0.3, -0.25) is 0 Å². The highest BCUT2D eigenvalue weighted by Gasteiger charge is 2.17. The van der Waals surface area contributed by atoms with Crippen LogP contribution in [0.15, 0.2) is 60.8 Å². The van der Waals surface area contributed by atoms with Gasteiger partial charge < -0.3 is 10.8 Å². The quantitative estimate of drug-likeness (QED) is 0.722. The van der Waals surface area contributed by atoms with Crippen LogP contribution in [0.3, 0.4) is 0 Å². The van der Waals surface area contributed by atoms with Crippen LogP contribution in [0, 0.1) is 0 Å². The fourth-order valence-corrected chi connectivity index (χ4v) is 2.12. The van der Waals surface area contributed by atoms with E-state index < -0.39 is 5.97 Å². The molecule has 0 unspecified atom stereocenters. The molecule has 5 heteroatoms. The molecule has 1 heterocycles. The molecule has 104 valence electrons. The molecule has 0 bridgehead atoms. The van der Waals surface area contributed by atoms with Crippen LogP contribution in [0.5, 0.6) is 0 Å². The molecule has 0 aliphatic rings. The number of nitrogens with zero attached hydrogens (tertiary/aromatic N) is 2. The third-order valence-corrected chi connectivity index (χ3v) is 3.16. The number of carboxylic acids is 1. The van der Waals surface area contributed by atoms with E-state index >= 15 is 0 Å². The topological polar surface area (TPSA) is 81.1 Å². The van der Waals surface area contributed by atoms with Gasteiger partial charge in [-0.2, -0.15) is 5.10 Å². The molecule has 0 spiro atoms. The number of aromatic carboxylic acids is 1. The second kappa shape index (κ2) is 5.13. The number of hydrogen-bond donors (Lipinski definition) is 2. The Morgan fingerprint density at radius 1 is 1.05 bits per heavy atom. The second-order valence-electron chi connectivity index (χ2n) is 4.60. The lowest BCUT2D eigenvalue weighted by Crippen LogP contribution is -2.01. The van der Waals surface area contributed by atoms with Crippen LogP contribution >= 0.6 is 0 Å². The Morgan fingerprint density at radius 2 is 1.71 bits per heavy atom. The summed E-state index contributed by atoms with van der Waals surface area (Å²) < 4.78 is 1.56. The first-order chi connectivity index (χ1) is 10.1. The molecule has 21 heavy (non-hydrogen) atoms. The van der Waals surface area contributed by atoms with Crippen LogP contribution in [0.4, 0.5) is 5.69 Å². The average molecular weight is 279 g/mol. The molecule has 3 aromatic rings. The molecule has 1 aromatic heterocycles. The molecular weight excluding hydrogens is 266 g/mol. The molecule has 0 amide bonds. The molecule has 0 aliphatic heterocycles. The number of aromatic nitrogens is 2. The van der Waals surface area contributed by atoms with E-state index in [1.54, 1.807) is 35.1 Å². The molecular formula is C16H13N3O2. The lowest BCUT2D eigenvalue weighted by Gasteiger charge is -2.00. The van der Waals surface area contributed by atoms with Gasteiger partial charge >= 0.3 is 5.97 Å². The van der Waals surface area contributed by atoms with E-state index in [2.05, 4.69) is 5.10 Å². The van der Waals surface area contributed by atoms with Crippen LogP contribution in [-0.2, 0) is 0 Å². The number of para-hydroxylation sites is 1. The number of benzene rings is 2. The van der Waals surface area contributed by atoms with Crippen molar-refractivity contribution in [2.24, 2.45) is 0 Å². The molecule has 5 nitrogen and oxygen atoms in total. The largest absolute Gasteiger partial charge is 0.476 e. The standard InChI is InChI=1S/C16H13N3O2/c17-12-8-6-11(7-9-12)14-10-19(18-15(14)16(20)21)13-4-2-1-3-5-13/h1-10H,17H2,(H,20,21). The predicted molar refractivity (Wildman–Crippen MR) is 80.4 cm³/mol. The average Bonchev–Trinajstić information content (AvgIpc) is 2.94. The van der Waals surface area contributed by atoms with Crippen molar-refractivity contribution in [2.45, 2.75) is 0 Å². The highest BCUT2D eigenvalue weighted by Crippen LogP contribution is 2.25. The Kier molecular flexibility index (Phi) is 3.16. The maximum absolute atomic E-state index is 11.4. The monoisotopic (exact) mass is 279 g/mol. The molecule has 3 N–H and O–H groups in total. The summed E-state index contributed by atoms with van der Waals surface area (Å²) in [6.07, 6.45) is 1.71. The van der Waals surface area contributed by atoms with E-state index in [0.717, 1.165) is 11.3 Å². The lowest BCUT2D eigenvalue weighted by atomic mass is 10.1. The number of carboxylic acid groups (broad SMARTS) is 1. The molecule has 0 aliphatic carbocycles. The Morgan fingerprint density at radius 3 is 2.33 bits per heavy atom. The highest BCUT2D eigenvalue weighted by molar-refractivity contribution is 5.94. The van der Waals surface area contributed by atoms with Gasteiger partial charge in [0, 0.05) is 17.4 Å². The van der Waals surface area contributed by atoms with E-state index in [9.17, 15) is 9.90 Å². The minimum absolute atomic E-state index is 0.0172. The second-order valence-corrected chi connectivity index (χ2v) is 4.60. The fraction of sp³-hybridized carbons (Fsp3) is 0. The third kappa shape index (κ3) is 2.49. The van der Waals surface area contributed by atoms with Gasteiger partial charge in [0.2, 0.25) is 0 Å². The van der Waals surface area contributed by atoms with E-state index in [0.29, 0.717) is 11.3 Å². The molecule has 0 atom stereocenters. The zero-order valence-corrected chi connectivity index (χ0v) is 11.1. The molecule has 0 fully saturated rings. The van der Waals surface area contributed by atoms with E-state index in [1.165, 1.54) is 0 Å². The van der Waals surface area contributed by atoms with Crippen molar-refractivity contribution >= 4 is 11.7 Å². The summed E-state index contributed by atoms with van der Waals surface area (Å²) in [4.78, 5) is 11.4. The van der Waals surface area contributed by atoms with Crippen molar-refractivity contribution in [2.75, 3.05) is 5.73 Å². The van der Waals surface area contributed by atoms with Crippen molar-refractivity contribution in [3.05, 3.63) is 66.5 Å². The molecule has 0 saturated carbocycles. The smallest absolute Gasteiger partial charge is 0.357 e. The molecule has 0 radical (unpaired) electrons. The first-order valence-electron chi connectivity index (χ1n) is 6.39. The number of carbonyl (C=O) groups is 1. The van der Waals surface area contributed by atoms with Gasteiger partial charge in [0.1, 0.15) is 0 Å². The number of nitrogen functional groups attached to an aromatic ring is 1. The van der Waals surface area contributed by atoms with Gasteiger partial charge in [0.05, 0.1) is 5.69 Å². The fourth-order valence-electron chi connectivity index (χ4n) is 2.12. The first-order valence-corrected chi connectivity index (χ1v) is 6.39. The molecule has 3 rings (SSSR count).